The number of carbonyl (C=O) groups is 1. The first kappa shape index (κ1) is 19.0. The van der Waals surface area contributed by atoms with E-state index in [2.05, 4.69) is 23.2 Å². The molecule has 5 heteroatoms. The molecule has 1 unspecified atom stereocenters. The van der Waals surface area contributed by atoms with E-state index >= 15 is 0 Å². The molecule has 1 aliphatic carbocycles. The average Bonchev–Trinajstić information content (AvgIpc) is 3.10. The van der Waals surface area contributed by atoms with Crippen molar-refractivity contribution >= 4 is 5.91 Å². The molecule has 1 aliphatic heterocycles. The number of nitrogens with zero attached hydrogens (tertiary/aromatic N) is 1. The Morgan fingerprint density at radius 1 is 1.15 bits per heavy atom. The summed E-state index contributed by atoms with van der Waals surface area (Å²) in [6.07, 6.45) is 6.83. The standard InChI is InChI=1S/C21H32N2O3/c1-15-6-8-16(9-7-15)22-21(24)14-23-12-4-5-19(23)18-11-10-17(25-2)13-20(18)26-3/h10-11,13,15-16,19H,4-9,12,14H2,1-3H3,(H,22,24). The lowest BCUT2D eigenvalue weighted by Gasteiger charge is -2.29. The number of likely N-dealkylation sites (tertiary alicyclic amines) is 1. The summed E-state index contributed by atoms with van der Waals surface area (Å²) >= 11 is 0. The Balaban J connectivity index is 1.62. The first-order valence-electron chi connectivity index (χ1n) is 9.86. The lowest BCUT2D eigenvalue weighted by Crippen LogP contribution is -2.43. The van der Waals surface area contributed by atoms with Gasteiger partial charge in [-0.1, -0.05) is 13.0 Å². The van der Waals surface area contributed by atoms with E-state index in [-0.39, 0.29) is 11.9 Å². The van der Waals surface area contributed by atoms with Crippen LogP contribution in [0.5, 0.6) is 11.5 Å². The smallest absolute Gasteiger partial charge is 0.234 e. The molecule has 1 saturated heterocycles. The number of amides is 1. The topological polar surface area (TPSA) is 50.8 Å². The minimum absolute atomic E-state index is 0.156. The highest BCUT2D eigenvalue weighted by Crippen LogP contribution is 2.38. The Hall–Kier alpha value is -1.75. The van der Waals surface area contributed by atoms with Crippen LogP contribution in [0.1, 0.15) is 57.1 Å². The molecular formula is C21H32N2O3. The normalized spacial score (nSPS) is 26.5. The minimum Gasteiger partial charge on any atom is -0.497 e. The van der Waals surface area contributed by atoms with Crippen molar-refractivity contribution in [1.82, 2.24) is 10.2 Å². The molecule has 1 saturated carbocycles. The van der Waals surface area contributed by atoms with E-state index in [1.54, 1.807) is 14.2 Å². The van der Waals surface area contributed by atoms with Crippen LogP contribution < -0.4 is 14.8 Å². The molecule has 1 amide bonds. The molecular weight excluding hydrogens is 328 g/mol. The summed E-state index contributed by atoms with van der Waals surface area (Å²) in [7, 11) is 3.35. The van der Waals surface area contributed by atoms with Crippen molar-refractivity contribution in [2.45, 2.75) is 57.5 Å². The van der Waals surface area contributed by atoms with Crippen LogP contribution in [-0.2, 0) is 4.79 Å². The molecule has 0 radical (unpaired) electrons. The highest BCUT2D eigenvalue weighted by Gasteiger charge is 2.30. The van der Waals surface area contributed by atoms with Gasteiger partial charge in [-0.15, -0.1) is 0 Å². The molecule has 144 valence electrons. The van der Waals surface area contributed by atoms with E-state index in [1.165, 1.54) is 12.8 Å². The minimum atomic E-state index is 0.156. The highest BCUT2D eigenvalue weighted by molar-refractivity contribution is 5.78. The number of rotatable bonds is 6. The van der Waals surface area contributed by atoms with Crippen molar-refractivity contribution in [3.05, 3.63) is 23.8 Å². The molecule has 3 rings (SSSR count). The largest absolute Gasteiger partial charge is 0.497 e. The average molecular weight is 360 g/mol. The third kappa shape index (κ3) is 4.50. The monoisotopic (exact) mass is 360 g/mol. The zero-order chi connectivity index (χ0) is 18.5. The van der Waals surface area contributed by atoms with Gasteiger partial charge in [-0.3, -0.25) is 9.69 Å². The fourth-order valence-corrected chi connectivity index (χ4v) is 4.32. The highest BCUT2D eigenvalue weighted by atomic mass is 16.5. The van der Waals surface area contributed by atoms with Crippen LogP contribution in [0.4, 0.5) is 0 Å². The van der Waals surface area contributed by atoms with Crippen LogP contribution in [-0.4, -0.2) is 44.2 Å². The zero-order valence-electron chi connectivity index (χ0n) is 16.3. The van der Waals surface area contributed by atoms with Crippen LogP contribution in [0, 0.1) is 5.92 Å². The van der Waals surface area contributed by atoms with Gasteiger partial charge in [-0.2, -0.15) is 0 Å². The summed E-state index contributed by atoms with van der Waals surface area (Å²) in [6.45, 7) is 3.72. The Morgan fingerprint density at radius 2 is 1.92 bits per heavy atom. The maximum atomic E-state index is 12.6. The number of hydrogen-bond donors (Lipinski definition) is 1. The van der Waals surface area contributed by atoms with Gasteiger partial charge in [0.1, 0.15) is 11.5 Å². The van der Waals surface area contributed by atoms with Crippen LogP contribution in [0.25, 0.3) is 0 Å². The van der Waals surface area contributed by atoms with Gasteiger partial charge < -0.3 is 14.8 Å². The predicted octanol–water partition coefficient (Wildman–Crippen LogP) is 3.54. The number of hydrogen-bond acceptors (Lipinski definition) is 4. The van der Waals surface area contributed by atoms with Gasteiger partial charge in [-0.25, -0.2) is 0 Å². The fraction of sp³-hybridized carbons (Fsp3) is 0.667. The summed E-state index contributed by atoms with van der Waals surface area (Å²) in [4.78, 5) is 14.9. The van der Waals surface area contributed by atoms with E-state index in [0.717, 1.165) is 55.2 Å². The molecule has 1 atom stereocenters. The summed E-state index contributed by atoms with van der Waals surface area (Å²) in [6, 6.07) is 6.55. The van der Waals surface area contributed by atoms with Crippen LogP contribution >= 0.6 is 0 Å². The molecule has 26 heavy (non-hydrogen) atoms. The van der Waals surface area contributed by atoms with Gasteiger partial charge in [0, 0.05) is 23.7 Å². The van der Waals surface area contributed by atoms with Crippen LogP contribution in [0.3, 0.4) is 0 Å². The number of carbonyl (C=O) groups excluding carboxylic acids is 1. The van der Waals surface area contributed by atoms with Gasteiger partial charge in [-0.05, 0) is 57.1 Å². The summed E-state index contributed by atoms with van der Waals surface area (Å²) in [5, 5.41) is 3.25. The summed E-state index contributed by atoms with van der Waals surface area (Å²) in [5.41, 5.74) is 1.14. The van der Waals surface area contributed by atoms with Crippen LogP contribution in [0.2, 0.25) is 0 Å². The van der Waals surface area contributed by atoms with Gasteiger partial charge in [0.05, 0.1) is 20.8 Å². The Labute approximate surface area is 157 Å². The summed E-state index contributed by atoms with van der Waals surface area (Å²) < 4.78 is 10.9. The predicted molar refractivity (Wildman–Crippen MR) is 103 cm³/mol. The van der Waals surface area contributed by atoms with Gasteiger partial charge in [0.2, 0.25) is 5.91 Å². The molecule has 1 aromatic rings. The first-order chi connectivity index (χ1) is 12.6. The molecule has 0 spiro atoms. The number of benzene rings is 1. The Bertz CT molecular complexity index is 611. The molecule has 2 aliphatic rings. The van der Waals surface area contributed by atoms with Crippen molar-refractivity contribution < 1.29 is 14.3 Å². The van der Waals surface area contributed by atoms with Crippen molar-refractivity contribution in [3.63, 3.8) is 0 Å². The molecule has 0 bridgehead atoms. The van der Waals surface area contributed by atoms with Crippen molar-refractivity contribution in [2.75, 3.05) is 27.3 Å². The van der Waals surface area contributed by atoms with Crippen molar-refractivity contribution in [2.24, 2.45) is 5.92 Å². The van der Waals surface area contributed by atoms with Crippen molar-refractivity contribution in [1.29, 1.82) is 0 Å². The lowest BCUT2D eigenvalue weighted by molar-refractivity contribution is -0.123. The van der Waals surface area contributed by atoms with Crippen LogP contribution in [0.15, 0.2) is 18.2 Å². The van der Waals surface area contributed by atoms with Gasteiger partial charge in [0.25, 0.3) is 0 Å². The number of methoxy groups -OCH3 is 2. The second kappa shape index (κ2) is 8.76. The van der Waals surface area contributed by atoms with E-state index in [4.69, 9.17) is 9.47 Å². The third-order valence-corrected chi connectivity index (χ3v) is 5.89. The zero-order valence-corrected chi connectivity index (χ0v) is 16.3. The molecule has 0 aromatic heterocycles. The fourth-order valence-electron chi connectivity index (χ4n) is 4.32. The third-order valence-electron chi connectivity index (χ3n) is 5.89. The maximum Gasteiger partial charge on any atom is 0.234 e. The van der Waals surface area contributed by atoms with E-state index < -0.39 is 0 Å². The maximum absolute atomic E-state index is 12.6. The molecule has 1 heterocycles. The Morgan fingerprint density at radius 3 is 2.62 bits per heavy atom. The van der Waals surface area contributed by atoms with E-state index in [1.807, 2.05) is 12.1 Å². The summed E-state index contributed by atoms with van der Waals surface area (Å²) in [5.74, 6) is 2.58. The number of ether oxygens (including phenoxy) is 2. The van der Waals surface area contributed by atoms with Gasteiger partial charge in [0.15, 0.2) is 0 Å². The molecule has 5 nitrogen and oxygen atoms in total. The van der Waals surface area contributed by atoms with E-state index in [0.29, 0.717) is 12.6 Å². The molecule has 1 aromatic carbocycles. The second-order valence-electron chi connectivity index (χ2n) is 7.76. The first-order valence-corrected chi connectivity index (χ1v) is 9.86. The quantitative estimate of drug-likeness (QED) is 0.843. The van der Waals surface area contributed by atoms with Crippen molar-refractivity contribution in [3.8, 4) is 11.5 Å². The van der Waals surface area contributed by atoms with E-state index in [9.17, 15) is 4.79 Å². The second-order valence-corrected chi connectivity index (χ2v) is 7.76. The molecule has 1 N–H and O–H groups in total. The SMILES string of the molecule is COc1ccc(C2CCCN2CC(=O)NC2CCC(C)CC2)c(OC)c1. The van der Waals surface area contributed by atoms with Gasteiger partial charge >= 0.3 is 0 Å². The molecule has 2 fully saturated rings. The lowest BCUT2D eigenvalue weighted by atomic mass is 9.87. The Kier molecular flexibility index (Phi) is 6.41. The number of nitrogens with one attached hydrogen (secondary N) is 1.